The molecule has 1 amide bonds. The Bertz CT molecular complexity index is 714. The summed E-state index contributed by atoms with van der Waals surface area (Å²) in [6, 6.07) is 0. The second kappa shape index (κ2) is 9.89. The highest BCUT2D eigenvalue weighted by atomic mass is 16.1. The minimum Gasteiger partial charge on any atom is -0.382 e. The molecule has 0 aromatic carbocycles. The van der Waals surface area contributed by atoms with E-state index in [-0.39, 0.29) is 11.5 Å². The van der Waals surface area contributed by atoms with Gasteiger partial charge in [-0.15, -0.1) is 0 Å². The molecule has 0 fully saturated rings. The molecule has 0 aliphatic rings. The number of nitrogen functional groups attached to an aromatic ring is 1. The first-order chi connectivity index (χ1) is 11.5. The number of nitrogens with two attached hydrogens (primary N) is 1. The second-order valence-electron chi connectivity index (χ2n) is 4.85. The predicted octanol–water partition coefficient (Wildman–Crippen LogP) is 3.28. The van der Waals surface area contributed by atoms with Gasteiger partial charge in [-0.25, -0.2) is 9.97 Å². The number of carbonyl (C=O) groups is 1. The maximum absolute atomic E-state index is 12.4. The number of hydrogen-bond acceptors (Lipinski definition) is 5. The van der Waals surface area contributed by atoms with E-state index in [4.69, 9.17) is 5.73 Å². The first kappa shape index (κ1) is 19.0. The Balaban J connectivity index is 3.11. The van der Waals surface area contributed by atoms with Crippen molar-refractivity contribution in [1.29, 1.82) is 0 Å². The lowest BCUT2D eigenvalue weighted by Crippen LogP contribution is -2.25. The van der Waals surface area contributed by atoms with Gasteiger partial charge in [-0.05, 0) is 38.0 Å². The van der Waals surface area contributed by atoms with Crippen LogP contribution in [0.2, 0.25) is 0 Å². The van der Waals surface area contributed by atoms with Crippen molar-refractivity contribution in [1.82, 2.24) is 15.3 Å². The molecule has 3 N–H and O–H groups in total. The van der Waals surface area contributed by atoms with Gasteiger partial charge in [0.05, 0.1) is 11.9 Å². The normalized spacial score (nSPS) is 12.8. The molecule has 6 nitrogen and oxygen atoms in total. The van der Waals surface area contributed by atoms with E-state index in [1.54, 1.807) is 36.7 Å². The number of nitrogens with zero attached hydrogens (tertiary/aromatic N) is 3. The number of rotatable bonds is 7. The lowest BCUT2D eigenvalue weighted by atomic mass is 10.2. The topological polar surface area (TPSA) is 93.3 Å². The third-order valence-electron chi connectivity index (χ3n) is 2.88. The summed E-state index contributed by atoms with van der Waals surface area (Å²) < 4.78 is 0. The van der Waals surface area contributed by atoms with Crippen LogP contribution in [0.5, 0.6) is 0 Å². The van der Waals surface area contributed by atoms with E-state index < -0.39 is 5.91 Å². The highest BCUT2D eigenvalue weighted by Gasteiger charge is 2.15. The fourth-order valence-electron chi connectivity index (χ4n) is 1.73. The zero-order valence-corrected chi connectivity index (χ0v) is 14.3. The molecule has 0 bridgehead atoms. The number of aromatic nitrogens is 2. The van der Waals surface area contributed by atoms with Crippen molar-refractivity contribution in [2.45, 2.75) is 27.2 Å². The Morgan fingerprint density at radius 3 is 2.88 bits per heavy atom. The van der Waals surface area contributed by atoms with Crippen LogP contribution in [-0.2, 0) is 0 Å². The van der Waals surface area contributed by atoms with Gasteiger partial charge in [0, 0.05) is 18.1 Å². The quantitative estimate of drug-likeness (QED) is 0.594. The molecule has 0 saturated carbocycles. The molecule has 0 aliphatic carbocycles. The number of aliphatic imine (C=N–C) groups is 1. The van der Waals surface area contributed by atoms with Crippen LogP contribution < -0.4 is 11.1 Å². The maximum Gasteiger partial charge on any atom is 0.278 e. The van der Waals surface area contributed by atoms with Crippen molar-refractivity contribution in [3.8, 4) is 0 Å². The van der Waals surface area contributed by atoms with Crippen molar-refractivity contribution in [3.05, 3.63) is 60.4 Å². The number of amides is 1. The van der Waals surface area contributed by atoms with Gasteiger partial charge >= 0.3 is 0 Å². The van der Waals surface area contributed by atoms with Crippen LogP contribution >= 0.6 is 0 Å². The first-order valence-corrected chi connectivity index (χ1v) is 7.61. The third kappa shape index (κ3) is 5.64. The molecule has 0 aliphatic heterocycles. The van der Waals surface area contributed by atoms with Crippen LogP contribution in [0, 0.1) is 0 Å². The summed E-state index contributed by atoms with van der Waals surface area (Å²) in [7, 11) is 0. The largest absolute Gasteiger partial charge is 0.382 e. The highest BCUT2D eigenvalue weighted by Crippen LogP contribution is 2.14. The summed E-state index contributed by atoms with van der Waals surface area (Å²) in [5.41, 5.74) is 7.78. The van der Waals surface area contributed by atoms with Crippen LogP contribution in [0.1, 0.15) is 43.4 Å². The van der Waals surface area contributed by atoms with Gasteiger partial charge in [0.25, 0.3) is 5.91 Å². The SMILES string of the molecule is C=C/C=C(\C=C/C)NC(=O)c1nc(/C(C)=C/N=CCC)cnc1N. The standard InChI is InChI=1S/C18H23N5O/c1-5-8-14(9-6-2)22-18(24)16-17(19)21-12-15(23-16)13(4)11-20-10-7-3/h5-6,8-12H,1,7H2,2-4H3,(H2,19,21)(H,22,24)/b9-6-,13-11+,14-8+,20-10?. The Hall–Kier alpha value is -3.02. The summed E-state index contributed by atoms with van der Waals surface area (Å²) >= 11 is 0. The molecule has 0 saturated heterocycles. The fourth-order valence-corrected chi connectivity index (χ4v) is 1.73. The zero-order chi connectivity index (χ0) is 17.9. The number of hydrogen-bond donors (Lipinski definition) is 2. The molecule has 24 heavy (non-hydrogen) atoms. The van der Waals surface area contributed by atoms with Crippen LogP contribution in [0.4, 0.5) is 5.82 Å². The molecular weight excluding hydrogens is 302 g/mol. The van der Waals surface area contributed by atoms with E-state index in [1.807, 2.05) is 20.8 Å². The van der Waals surface area contributed by atoms with E-state index in [0.29, 0.717) is 11.4 Å². The summed E-state index contributed by atoms with van der Waals surface area (Å²) in [5.74, 6) is -0.363. The van der Waals surface area contributed by atoms with Crippen LogP contribution in [0.3, 0.4) is 0 Å². The Morgan fingerprint density at radius 2 is 2.25 bits per heavy atom. The molecule has 0 spiro atoms. The Kier molecular flexibility index (Phi) is 7.84. The lowest BCUT2D eigenvalue weighted by Gasteiger charge is -2.08. The van der Waals surface area contributed by atoms with E-state index >= 15 is 0 Å². The fraction of sp³-hybridized carbons (Fsp3) is 0.222. The van der Waals surface area contributed by atoms with Crippen LogP contribution in [-0.4, -0.2) is 22.1 Å². The molecule has 0 atom stereocenters. The second-order valence-corrected chi connectivity index (χ2v) is 4.85. The first-order valence-electron chi connectivity index (χ1n) is 7.61. The maximum atomic E-state index is 12.4. The average Bonchev–Trinajstić information content (AvgIpc) is 2.55. The summed E-state index contributed by atoms with van der Waals surface area (Å²) in [6.45, 7) is 9.31. The van der Waals surface area contributed by atoms with Crippen molar-refractivity contribution >= 4 is 23.5 Å². The predicted molar refractivity (Wildman–Crippen MR) is 99.4 cm³/mol. The van der Waals surface area contributed by atoms with Crippen molar-refractivity contribution < 1.29 is 4.79 Å². The van der Waals surface area contributed by atoms with Gasteiger partial charge in [0.1, 0.15) is 0 Å². The number of nitrogens with one attached hydrogen (secondary N) is 1. The van der Waals surface area contributed by atoms with Crippen molar-refractivity contribution in [3.63, 3.8) is 0 Å². The van der Waals surface area contributed by atoms with Crippen molar-refractivity contribution in [2.75, 3.05) is 5.73 Å². The Morgan fingerprint density at radius 1 is 1.50 bits per heavy atom. The molecular formula is C18H23N5O. The van der Waals surface area contributed by atoms with Gasteiger partial charge in [0.2, 0.25) is 0 Å². The van der Waals surface area contributed by atoms with E-state index in [2.05, 4.69) is 26.9 Å². The van der Waals surface area contributed by atoms with Crippen LogP contribution in [0.15, 0.2) is 54.0 Å². The summed E-state index contributed by atoms with van der Waals surface area (Å²) in [4.78, 5) is 24.9. The molecule has 1 aromatic rings. The highest BCUT2D eigenvalue weighted by molar-refractivity contribution is 5.97. The lowest BCUT2D eigenvalue weighted by molar-refractivity contribution is 0.0963. The summed E-state index contributed by atoms with van der Waals surface area (Å²) in [5, 5.41) is 2.73. The van der Waals surface area contributed by atoms with Gasteiger partial charge < -0.3 is 11.1 Å². The average molecular weight is 325 g/mol. The molecule has 0 unspecified atom stereocenters. The minimum absolute atomic E-state index is 0.0687. The van der Waals surface area contributed by atoms with Crippen LogP contribution in [0.25, 0.3) is 5.57 Å². The molecule has 0 radical (unpaired) electrons. The molecule has 6 heteroatoms. The number of allylic oxidation sites excluding steroid dienone is 5. The smallest absolute Gasteiger partial charge is 0.278 e. The van der Waals surface area contributed by atoms with E-state index in [0.717, 1.165) is 12.0 Å². The van der Waals surface area contributed by atoms with Gasteiger partial charge in [0.15, 0.2) is 11.5 Å². The van der Waals surface area contributed by atoms with Gasteiger partial charge in [-0.2, -0.15) is 0 Å². The minimum atomic E-state index is -0.432. The summed E-state index contributed by atoms with van der Waals surface area (Å²) in [6.07, 6.45) is 12.6. The zero-order valence-electron chi connectivity index (χ0n) is 14.3. The number of carbonyl (C=O) groups excluding carboxylic acids is 1. The monoisotopic (exact) mass is 325 g/mol. The third-order valence-corrected chi connectivity index (χ3v) is 2.88. The van der Waals surface area contributed by atoms with Gasteiger partial charge in [-0.3, -0.25) is 9.79 Å². The molecule has 126 valence electrons. The Labute approximate surface area is 142 Å². The van der Waals surface area contributed by atoms with E-state index in [9.17, 15) is 4.79 Å². The molecule has 1 aromatic heterocycles. The van der Waals surface area contributed by atoms with E-state index in [1.165, 1.54) is 6.20 Å². The molecule has 1 rings (SSSR count). The number of anilines is 1. The van der Waals surface area contributed by atoms with Crippen molar-refractivity contribution in [2.24, 2.45) is 4.99 Å². The molecule has 1 heterocycles. The van der Waals surface area contributed by atoms with Gasteiger partial charge in [-0.1, -0.05) is 25.7 Å².